The van der Waals surface area contributed by atoms with Crippen LogP contribution in [0.15, 0.2) is 16.9 Å². The van der Waals surface area contributed by atoms with Gasteiger partial charge in [0.2, 0.25) is 5.96 Å². The van der Waals surface area contributed by atoms with Gasteiger partial charge in [0.05, 0.1) is 13.2 Å². The third-order valence-electron chi connectivity index (χ3n) is 4.58. The molecule has 3 rings (SSSR count). The number of likely N-dealkylation sites (N-methyl/N-ethyl adjacent to an activating group) is 1. The number of aliphatic imine (C=N–C) groups is 1. The molecule has 2 fully saturated rings. The maximum absolute atomic E-state index is 5.49. The highest BCUT2D eigenvalue weighted by molar-refractivity contribution is 5.83. The molecular weight excluding hydrogens is 306 g/mol. The van der Waals surface area contributed by atoms with E-state index in [2.05, 4.69) is 51.0 Å². The lowest BCUT2D eigenvalue weighted by atomic mass is 10.2. The molecule has 0 aromatic rings. The van der Waals surface area contributed by atoms with Gasteiger partial charge in [0, 0.05) is 51.9 Å². The Labute approximate surface area is 144 Å². The van der Waals surface area contributed by atoms with Crippen LogP contribution in [0.4, 0.5) is 0 Å². The lowest BCUT2D eigenvalue weighted by Crippen LogP contribution is -2.65. The molecule has 0 aromatic carbocycles. The normalized spacial score (nSPS) is 28.8. The molecule has 1 atom stereocenters. The van der Waals surface area contributed by atoms with Gasteiger partial charge < -0.3 is 25.6 Å². The molecule has 136 valence electrons. The predicted octanol–water partition coefficient (Wildman–Crippen LogP) is -1.10. The van der Waals surface area contributed by atoms with Gasteiger partial charge in [-0.1, -0.05) is 6.92 Å². The summed E-state index contributed by atoms with van der Waals surface area (Å²) in [5, 5.41) is 13.9. The number of guanidine groups is 1. The minimum Gasteiger partial charge on any atom is -0.378 e. The molecule has 0 bridgehead atoms. The molecule has 0 saturated carbocycles. The van der Waals surface area contributed by atoms with E-state index in [-0.39, 0.29) is 0 Å². The molecule has 8 heteroatoms. The maximum Gasteiger partial charge on any atom is 0.203 e. The van der Waals surface area contributed by atoms with Crippen molar-refractivity contribution in [3.05, 3.63) is 11.9 Å². The third-order valence-corrected chi connectivity index (χ3v) is 4.58. The standard InChI is InChI=1S/C16H31N7O/c1-3-18-14-13-16(19-4-2,23-7-5-17-6-8-23)21-15(20-14)22-9-11-24-12-10-22/h13,17-19H,3-12H2,1-2H3,(H,20,21). The minimum atomic E-state index is -0.493. The van der Waals surface area contributed by atoms with Crippen molar-refractivity contribution in [1.82, 2.24) is 31.1 Å². The van der Waals surface area contributed by atoms with Crippen LogP contribution in [0.5, 0.6) is 0 Å². The van der Waals surface area contributed by atoms with Crippen LogP contribution < -0.4 is 21.3 Å². The van der Waals surface area contributed by atoms with Crippen LogP contribution in [-0.2, 0) is 4.74 Å². The summed E-state index contributed by atoms with van der Waals surface area (Å²) in [5.41, 5.74) is 0. The minimum absolute atomic E-state index is 0.493. The van der Waals surface area contributed by atoms with Crippen molar-refractivity contribution in [2.75, 3.05) is 65.6 Å². The summed E-state index contributed by atoms with van der Waals surface area (Å²) in [6, 6.07) is 0. The summed E-state index contributed by atoms with van der Waals surface area (Å²) in [4.78, 5) is 9.83. The molecular formula is C16H31N7O. The molecule has 8 nitrogen and oxygen atoms in total. The van der Waals surface area contributed by atoms with Crippen molar-refractivity contribution in [1.29, 1.82) is 0 Å². The van der Waals surface area contributed by atoms with Crippen molar-refractivity contribution in [2.24, 2.45) is 4.99 Å². The van der Waals surface area contributed by atoms with Crippen LogP contribution in [-0.4, -0.2) is 87.1 Å². The predicted molar refractivity (Wildman–Crippen MR) is 95.6 cm³/mol. The Morgan fingerprint density at radius 3 is 2.58 bits per heavy atom. The first kappa shape index (κ1) is 17.5. The Hall–Kier alpha value is -1.35. The SMILES string of the molecule is CCNC1=CC(NCC)(N2CCNCC2)N=C(N2CCOCC2)N1. The monoisotopic (exact) mass is 337 g/mol. The lowest BCUT2D eigenvalue weighted by Gasteiger charge is -2.45. The first-order chi connectivity index (χ1) is 11.8. The van der Waals surface area contributed by atoms with Crippen molar-refractivity contribution >= 4 is 5.96 Å². The molecule has 0 spiro atoms. The Kier molecular flexibility index (Phi) is 5.94. The zero-order valence-electron chi connectivity index (χ0n) is 14.9. The van der Waals surface area contributed by atoms with Gasteiger partial charge in [-0.3, -0.25) is 10.2 Å². The van der Waals surface area contributed by atoms with Crippen molar-refractivity contribution < 1.29 is 4.74 Å². The number of nitrogens with one attached hydrogen (secondary N) is 4. The number of piperazine rings is 1. The van der Waals surface area contributed by atoms with Crippen LogP contribution in [0, 0.1) is 0 Å². The summed E-state index contributed by atoms with van der Waals surface area (Å²) in [6.45, 7) is 13.2. The quantitative estimate of drug-likeness (QED) is 0.507. The molecule has 3 aliphatic heterocycles. The van der Waals surface area contributed by atoms with Crippen molar-refractivity contribution in [3.63, 3.8) is 0 Å². The Bertz CT molecular complexity index is 469. The fourth-order valence-corrected chi connectivity index (χ4v) is 3.42. The highest BCUT2D eigenvalue weighted by Gasteiger charge is 2.39. The first-order valence-corrected chi connectivity index (χ1v) is 9.14. The fraction of sp³-hybridized carbons (Fsp3) is 0.812. The van der Waals surface area contributed by atoms with Crippen molar-refractivity contribution in [2.45, 2.75) is 19.6 Å². The summed E-state index contributed by atoms with van der Waals surface area (Å²) >= 11 is 0. The van der Waals surface area contributed by atoms with Gasteiger partial charge in [-0.2, -0.15) is 0 Å². The average Bonchev–Trinajstić information content (AvgIpc) is 2.63. The number of nitrogens with zero attached hydrogens (tertiary/aromatic N) is 3. The largest absolute Gasteiger partial charge is 0.378 e. The van der Waals surface area contributed by atoms with E-state index in [1.165, 1.54) is 0 Å². The topological polar surface area (TPSA) is 76.2 Å². The highest BCUT2D eigenvalue weighted by atomic mass is 16.5. The van der Waals surface area contributed by atoms with Crippen LogP contribution in [0.1, 0.15) is 13.8 Å². The molecule has 0 aliphatic carbocycles. The molecule has 0 amide bonds. The van der Waals surface area contributed by atoms with Crippen LogP contribution >= 0.6 is 0 Å². The van der Waals surface area contributed by atoms with Crippen LogP contribution in [0.2, 0.25) is 0 Å². The molecule has 0 radical (unpaired) electrons. The van der Waals surface area contributed by atoms with Gasteiger partial charge in [0.15, 0.2) is 5.79 Å². The average molecular weight is 337 g/mol. The molecule has 3 aliphatic rings. The van der Waals surface area contributed by atoms with Crippen molar-refractivity contribution in [3.8, 4) is 0 Å². The second kappa shape index (κ2) is 8.15. The van der Waals surface area contributed by atoms with E-state index in [1.807, 2.05) is 0 Å². The van der Waals surface area contributed by atoms with E-state index >= 15 is 0 Å². The van der Waals surface area contributed by atoms with E-state index in [0.717, 1.165) is 77.4 Å². The summed E-state index contributed by atoms with van der Waals surface area (Å²) in [6.07, 6.45) is 2.19. The highest BCUT2D eigenvalue weighted by Crippen LogP contribution is 2.22. The van der Waals surface area contributed by atoms with E-state index in [0.29, 0.717) is 0 Å². The Morgan fingerprint density at radius 1 is 1.17 bits per heavy atom. The number of ether oxygens (including phenoxy) is 1. The van der Waals surface area contributed by atoms with Gasteiger partial charge in [0.1, 0.15) is 5.82 Å². The lowest BCUT2D eigenvalue weighted by molar-refractivity contribution is 0.0604. The van der Waals surface area contributed by atoms with Crippen LogP contribution in [0.3, 0.4) is 0 Å². The van der Waals surface area contributed by atoms with E-state index < -0.39 is 5.79 Å². The molecule has 0 aromatic heterocycles. The second-order valence-electron chi connectivity index (χ2n) is 6.24. The summed E-state index contributed by atoms with van der Waals surface area (Å²) < 4.78 is 5.49. The second-order valence-corrected chi connectivity index (χ2v) is 6.24. The number of morpholine rings is 1. The number of hydrogen-bond acceptors (Lipinski definition) is 8. The zero-order valence-corrected chi connectivity index (χ0v) is 14.9. The summed E-state index contributed by atoms with van der Waals surface area (Å²) in [5.74, 6) is 1.46. The molecule has 4 N–H and O–H groups in total. The molecule has 1 unspecified atom stereocenters. The van der Waals surface area contributed by atoms with Gasteiger partial charge in [0.25, 0.3) is 0 Å². The van der Waals surface area contributed by atoms with Gasteiger partial charge in [-0.05, 0) is 13.5 Å². The van der Waals surface area contributed by atoms with Gasteiger partial charge in [-0.25, -0.2) is 4.99 Å². The Balaban J connectivity index is 1.90. The zero-order chi connectivity index (χ0) is 16.8. The van der Waals surface area contributed by atoms with E-state index in [1.54, 1.807) is 0 Å². The smallest absolute Gasteiger partial charge is 0.203 e. The summed E-state index contributed by atoms with van der Waals surface area (Å²) in [7, 11) is 0. The van der Waals surface area contributed by atoms with E-state index in [9.17, 15) is 0 Å². The van der Waals surface area contributed by atoms with Crippen LogP contribution in [0.25, 0.3) is 0 Å². The molecule has 3 heterocycles. The van der Waals surface area contributed by atoms with Gasteiger partial charge in [-0.15, -0.1) is 0 Å². The van der Waals surface area contributed by atoms with Gasteiger partial charge >= 0.3 is 0 Å². The fourth-order valence-electron chi connectivity index (χ4n) is 3.42. The van der Waals surface area contributed by atoms with E-state index in [4.69, 9.17) is 9.73 Å². The first-order valence-electron chi connectivity index (χ1n) is 9.14. The Morgan fingerprint density at radius 2 is 1.92 bits per heavy atom. The number of hydrogen-bond donors (Lipinski definition) is 4. The molecule has 24 heavy (non-hydrogen) atoms. The third kappa shape index (κ3) is 3.83. The maximum atomic E-state index is 5.49. The molecule has 2 saturated heterocycles. The number of rotatable bonds is 5.